The lowest BCUT2D eigenvalue weighted by atomic mass is 9.96. The first kappa shape index (κ1) is 12.6. The zero-order valence-electron chi connectivity index (χ0n) is 11.4. The molecule has 3 nitrogen and oxygen atoms in total. The van der Waals surface area contributed by atoms with Gasteiger partial charge in [0, 0.05) is 43.5 Å². The van der Waals surface area contributed by atoms with Gasteiger partial charge in [-0.25, -0.2) is 0 Å². The summed E-state index contributed by atoms with van der Waals surface area (Å²) < 4.78 is 5.67. The van der Waals surface area contributed by atoms with E-state index in [1.807, 2.05) is 25.3 Å². The van der Waals surface area contributed by atoms with Crippen molar-refractivity contribution in [2.24, 2.45) is 0 Å². The maximum Gasteiger partial charge on any atom is 0.0731 e. The number of morpholine rings is 1. The maximum atomic E-state index is 5.67. The number of aryl methyl sites for hydroxylation is 1. The van der Waals surface area contributed by atoms with Crippen molar-refractivity contribution in [2.45, 2.75) is 32.1 Å². The van der Waals surface area contributed by atoms with Crippen LogP contribution in [0.15, 0.2) is 19.4 Å². The molecule has 0 aromatic carbocycles. The Morgan fingerprint density at radius 1 is 1.32 bits per heavy atom. The predicted octanol–water partition coefficient (Wildman–Crippen LogP) is 2.65. The van der Waals surface area contributed by atoms with Crippen LogP contribution < -0.4 is 0 Å². The fourth-order valence-corrected chi connectivity index (χ4v) is 3.12. The van der Waals surface area contributed by atoms with E-state index in [0.29, 0.717) is 12.2 Å². The maximum absolute atomic E-state index is 5.67. The van der Waals surface area contributed by atoms with Gasteiger partial charge in [-0.05, 0) is 18.1 Å². The zero-order chi connectivity index (χ0) is 13.4. The molecule has 4 rings (SSSR count). The highest BCUT2D eigenvalue weighted by molar-refractivity contribution is 5.67. The van der Waals surface area contributed by atoms with Gasteiger partial charge in [0.25, 0.3) is 0 Å². The first-order valence-electron chi connectivity index (χ1n) is 6.82. The molecule has 0 spiro atoms. The van der Waals surface area contributed by atoms with Gasteiger partial charge in [0.1, 0.15) is 0 Å². The van der Waals surface area contributed by atoms with Crippen molar-refractivity contribution < 1.29 is 4.74 Å². The van der Waals surface area contributed by atoms with E-state index >= 15 is 0 Å². The highest BCUT2D eigenvalue weighted by atomic mass is 16.5. The fourth-order valence-electron chi connectivity index (χ4n) is 3.12. The topological polar surface area (TPSA) is 25.4 Å². The van der Waals surface area contributed by atoms with Gasteiger partial charge in [-0.3, -0.25) is 9.88 Å². The van der Waals surface area contributed by atoms with E-state index < -0.39 is 0 Å². The zero-order valence-corrected chi connectivity index (χ0v) is 11.4. The molecule has 1 aromatic heterocycles. The molecule has 100 valence electrons. The van der Waals surface area contributed by atoms with Crippen molar-refractivity contribution in [3.63, 3.8) is 0 Å². The number of aromatic nitrogens is 1. The van der Waals surface area contributed by atoms with E-state index in [-0.39, 0.29) is 0 Å². The highest BCUT2D eigenvalue weighted by Crippen LogP contribution is 2.30. The second-order valence-electron chi connectivity index (χ2n) is 5.41. The number of rotatable bonds is 4. The van der Waals surface area contributed by atoms with Gasteiger partial charge in [0.05, 0.1) is 12.2 Å². The first-order chi connectivity index (χ1) is 9.21. The number of piperidine rings is 1. The summed E-state index contributed by atoms with van der Waals surface area (Å²) in [4.78, 5) is 6.93. The lowest BCUT2D eigenvalue weighted by Gasteiger charge is -2.47. The standard InChI is InChI=1S/C16H20N2O/c1-4-15-11(3)17-7-12(16(15)5-2)8-18-9-13-6-14(10-18)19-13/h4-5,7,13-14H,1-2,6,8-10H2,3H3. The molecule has 3 fully saturated rings. The van der Waals surface area contributed by atoms with Gasteiger partial charge >= 0.3 is 0 Å². The molecule has 19 heavy (non-hydrogen) atoms. The Bertz CT molecular complexity index is 508. The molecule has 0 amide bonds. The van der Waals surface area contributed by atoms with Crippen LogP contribution >= 0.6 is 0 Å². The third kappa shape index (κ3) is 2.24. The molecule has 3 heteroatoms. The molecular weight excluding hydrogens is 236 g/mol. The molecule has 2 unspecified atom stereocenters. The molecular formula is C16H20N2O. The van der Waals surface area contributed by atoms with Gasteiger partial charge < -0.3 is 4.74 Å². The number of fused-ring (bicyclic) bond motifs is 2. The van der Waals surface area contributed by atoms with E-state index in [1.54, 1.807) is 0 Å². The Balaban J connectivity index is 1.84. The van der Waals surface area contributed by atoms with Crippen molar-refractivity contribution >= 4 is 12.2 Å². The van der Waals surface area contributed by atoms with E-state index in [9.17, 15) is 0 Å². The van der Waals surface area contributed by atoms with Crippen LogP contribution in [0.3, 0.4) is 0 Å². The lowest BCUT2D eigenvalue weighted by Crippen LogP contribution is -2.56. The Kier molecular flexibility index (Phi) is 3.25. The highest BCUT2D eigenvalue weighted by Gasteiger charge is 2.38. The molecule has 3 aliphatic rings. The minimum atomic E-state index is 0.447. The van der Waals surface area contributed by atoms with Gasteiger partial charge in [-0.1, -0.05) is 25.3 Å². The minimum absolute atomic E-state index is 0.447. The quantitative estimate of drug-likeness (QED) is 0.828. The molecule has 2 bridgehead atoms. The van der Waals surface area contributed by atoms with E-state index in [2.05, 4.69) is 23.0 Å². The smallest absolute Gasteiger partial charge is 0.0731 e. The number of pyridine rings is 1. The van der Waals surface area contributed by atoms with Crippen LogP contribution in [0.5, 0.6) is 0 Å². The normalized spacial score (nSPS) is 25.7. The third-order valence-electron chi connectivity index (χ3n) is 4.08. The molecule has 0 saturated carbocycles. The summed E-state index contributed by atoms with van der Waals surface area (Å²) in [5.41, 5.74) is 4.52. The fraction of sp³-hybridized carbons (Fsp3) is 0.438. The Morgan fingerprint density at radius 3 is 2.53 bits per heavy atom. The summed E-state index contributed by atoms with van der Waals surface area (Å²) in [6.45, 7) is 12.8. The van der Waals surface area contributed by atoms with E-state index in [1.165, 1.54) is 17.5 Å². The van der Waals surface area contributed by atoms with Crippen LogP contribution in [-0.4, -0.2) is 35.2 Å². The predicted molar refractivity (Wildman–Crippen MR) is 77.7 cm³/mol. The van der Waals surface area contributed by atoms with Gasteiger partial charge in [0.15, 0.2) is 0 Å². The summed E-state index contributed by atoms with van der Waals surface area (Å²) in [7, 11) is 0. The molecule has 0 radical (unpaired) electrons. The largest absolute Gasteiger partial charge is 0.372 e. The van der Waals surface area contributed by atoms with Crippen molar-refractivity contribution in [2.75, 3.05) is 13.1 Å². The van der Waals surface area contributed by atoms with E-state index in [0.717, 1.165) is 30.9 Å². The van der Waals surface area contributed by atoms with Crippen LogP contribution in [0.1, 0.15) is 28.8 Å². The van der Waals surface area contributed by atoms with Crippen LogP contribution in [-0.2, 0) is 11.3 Å². The number of hydrogen-bond donors (Lipinski definition) is 0. The van der Waals surface area contributed by atoms with Crippen molar-refractivity contribution in [1.82, 2.24) is 9.88 Å². The second-order valence-corrected chi connectivity index (χ2v) is 5.41. The van der Waals surface area contributed by atoms with Crippen LogP contribution in [0.25, 0.3) is 12.2 Å². The number of ether oxygens (including phenoxy) is 1. The number of nitrogens with zero attached hydrogens (tertiary/aromatic N) is 2. The van der Waals surface area contributed by atoms with Gasteiger partial charge in [-0.2, -0.15) is 0 Å². The Morgan fingerprint density at radius 2 is 1.95 bits per heavy atom. The average molecular weight is 256 g/mol. The molecule has 3 saturated heterocycles. The van der Waals surface area contributed by atoms with Crippen LogP contribution in [0.4, 0.5) is 0 Å². The Labute approximate surface area is 114 Å². The van der Waals surface area contributed by atoms with Crippen molar-refractivity contribution in [3.05, 3.63) is 41.7 Å². The second kappa shape index (κ2) is 4.91. The van der Waals surface area contributed by atoms with Gasteiger partial charge in [0.2, 0.25) is 0 Å². The third-order valence-corrected chi connectivity index (χ3v) is 4.08. The Hall–Kier alpha value is -1.45. The summed E-state index contributed by atoms with van der Waals surface area (Å²) in [5, 5.41) is 0. The summed E-state index contributed by atoms with van der Waals surface area (Å²) in [6, 6.07) is 0. The van der Waals surface area contributed by atoms with E-state index in [4.69, 9.17) is 4.74 Å². The van der Waals surface area contributed by atoms with Crippen molar-refractivity contribution in [3.8, 4) is 0 Å². The minimum Gasteiger partial charge on any atom is -0.372 e. The average Bonchev–Trinajstić information content (AvgIpc) is 2.39. The first-order valence-corrected chi connectivity index (χ1v) is 6.82. The lowest BCUT2D eigenvalue weighted by molar-refractivity contribution is -0.182. The monoisotopic (exact) mass is 256 g/mol. The summed E-state index contributed by atoms with van der Waals surface area (Å²) in [5.74, 6) is 0. The van der Waals surface area contributed by atoms with Crippen LogP contribution in [0, 0.1) is 6.92 Å². The van der Waals surface area contributed by atoms with Crippen molar-refractivity contribution in [1.29, 1.82) is 0 Å². The van der Waals surface area contributed by atoms with Gasteiger partial charge in [-0.15, -0.1) is 0 Å². The summed E-state index contributed by atoms with van der Waals surface area (Å²) in [6.07, 6.45) is 7.89. The molecule has 2 atom stereocenters. The molecule has 1 aromatic rings. The molecule has 3 aliphatic heterocycles. The number of hydrogen-bond acceptors (Lipinski definition) is 3. The molecule has 0 N–H and O–H groups in total. The summed E-state index contributed by atoms with van der Waals surface area (Å²) >= 11 is 0. The SMILES string of the molecule is C=Cc1c(CN2CC3CC(C2)O3)cnc(C)c1C=C. The molecule has 0 aliphatic carbocycles. The van der Waals surface area contributed by atoms with Crippen LogP contribution in [0.2, 0.25) is 0 Å². The molecule has 4 heterocycles.